The van der Waals surface area contributed by atoms with Gasteiger partial charge in [-0.25, -0.2) is 0 Å². The molecule has 0 aromatic rings. The molecule has 0 aliphatic rings. The molecule has 0 fully saturated rings. The average molecular weight is 280 g/mol. The number of carbonyl (C=O) groups is 1. The van der Waals surface area contributed by atoms with Gasteiger partial charge < -0.3 is 30.3 Å². The topological polar surface area (TPSA) is 118 Å². The number of hydrogen-bond donors (Lipinski definition) is 5. The van der Waals surface area contributed by atoms with Crippen molar-refractivity contribution in [2.24, 2.45) is 0 Å². The fourth-order valence-electron chi connectivity index (χ4n) is 1.29. The Kier molecular flexibility index (Phi) is 15.2. The molecule has 0 aliphatic heterocycles. The van der Waals surface area contributed by atoms with E-state index in [2.05, 4.69) is 13.8 Å². The summed E-state index contributed by atoms with van der Waals surface area (Å²) in [4.78, 5) is 9.90. The summed E-state index contributed by atoms with van der Waals surface area (Å²) in [5.41, 5.74) is 0. The van der Waals surface area contributed by atoms with Crippen molar-refractivity contribution in [1.82, 2.24) is 0 Å². The van der Waals surface area contributed by atoms with Crippen LogP contribution in [0.25, 0.3) is 0 Å². The van der Waals surface area contributed by atoms with E-state index in [1.807, 2.05) is 0 Å². The van der Waals surface area contributed by atoms with Crippen LogP contribution in [0.1, 0.15) is 46.0 Å². The van der Waals surface area contributed by atoms with Crippen LogP contribution in [0, 0.1) is 0 Å². The van der Waals surface area contributed by atoms with Crippen molar-refractivity contribution in [1.29, 1.82) is 0 Å². The van der Waals surface area contributed by atoms with Gasteiger partial charge in [0.2, 0.25) is 0 Å². The molecule has 0 amide bonds. The molecule has 0 unspecified atom stereocenters. The Morgan fingerprint density at radius 1 is 0.895 bits per heavy atom. The largest absolute Gasteiger partial charge is 0.394 e. The first-order chi connectivity index (χ1) is 8.95. The molecule has 19 heavy (non-hydrogen) atoms. The third-order valence-electron chi connectivity index (χ3n) is 2.63. The van der Waals surface area contributed by atoms with E-state index in [9.17, 15) is 4.79 Å². The predicted octanol–water partition coefficient (Wildman–Crippen LogP) is -0.402. The first-order valence-electron chi connectivity index (χ1n) is 6.74. The van der Waals surface area contributed by atoms with Crippen molar-refractivity contribution < 1.29 is 30.3 Å². The minimum Gasteiger partial charge on any atom is -0.394 e. The SMILES string of the molecule is CCCCCCC.O=C[C@H](O)[C@@H](O)[C@H](O)[C@H](O)CO. The number of aldehydes is 1. The van der Waals surface area contributed by atoms with Crippen molar-refractivity contribution in [2.75, 3.05) is 6.61 Å². The zero-order chi connectivity index (χ0) is 15.3. The van der Waals surface area contributed by atoms with E-state index >= 15 is 0 Å². The van der Waals surface area contributed by atoms with Gasteiger partial charge in [-0.3, -0.25) is 0 Å². The van der Waals surface area contributed by atoms with Crippen molar-refractivity contribution in [3.63, 3.8) is 0 Å². The lowest BCUT2D eigenvalue weighted by Gasteiger charge is -2.22. The first-order valence-corrected chi connectivity index (χ1v) is 6.74. The highest BCUT2D eigenvalue weighted by Gasteiger charge is 2.29. The van der Waals surface area contributed by atoms with E-state index in [0.29, 0.717) is 0 Å². The van der Waals surface area contributed by atoms with Crippen LogP contribution < -0.4 is 0 Å². The summed E-state index contributed by atoms with van der Waals surface area (Å²) in [5.74, 6) is 0. The molecule has 0 heterocycles. The first kappa shape index (κ1) is 20.8. The van der Waals surface area contributed by atoms with Crippen LogP contribution in [0.3, 0.4) is 0 Å². The Morgan fingerprint density at radius 3 is 1.68 bits per heavy atom. The molecule has 0 radical (unpaired) electrons. The maximum absolute atomic E-state index is 9.90. The highest BCUT2D eigenvalue weighted by Crippen LogP contribution is 2.03. The molecule has 0 saturated heterocycles. The van der Waals surface area contributed by atoms with Gasteiger partial charge in [-0.2, -0.15) is 0 Å². The molecular weight excluding hydrogens is 252 g/mol. The third-order valence-corrected chi connectivity index (χ3v) is 2.63. The van der Waals surface area contributed by atoms with Crippen LogP contribution in [0.4, 0.5) is 0 Å². The van der Waals surface area contributed by atoms with Crippen LogP contribution in [-0.4, -0.2) is 62.8 Å². The number of hydrogen-bond acceptors (Lipinski definition) is 6. The quantitative estimate of drug-likeness (QED) is 0.290. The van der Waals surface area contributed by atoms with E-state index in [-0.39, 0.29) is 6.29 Å². The fourth-order valence-corrected chi connectivity index (χ4v) is 1.29. The fraction of sp³-hybridized carbons (Fsp3) is 0.923. The van der Waals surface area contributed by atoms with E-state index in [1.165, 1.54) is 32.1 Å². The average Bonchev–Trinajstić information content (AvgIpc) is 2.45. The third kappa shape index (κ3) is 11.0. The Hall–Kier alpha value is -0.530. The second kappa shape index (κ2) is 13.9. The van der Waals surface area contributed by atoms with Gasteiger partial charge in [0.25, 0.3) is 0 Å². The molecule has 4 atom stereocenters. The molecule has 6 heteroatoms. The zero-order valence-corrected chi connectivity index (χ0v) is 11.8. The molecule has 0 aromatic carbocycles. The van der Waals surface area contributed by atoms with Crippen molar-refractivity contribution >= 4 is 6.29 Å². The maximum Gasteiger partial charge on any atom is 0.151 e. The molecule has 6 nitrogen and oxygen atoms in total. The molecule has 0 aliphatic carbocycles. The number of carbonyl (C=O) groups excluding carboxylic acids is 1. The Balaban J connectivity index is 0. The van der Waals surface area contributed by atoms with Crippen LogP contribution in [0.15, 0.2) is 0 Å². The molecule has 0 saturated carbocycles. The predicted molar refractivity (Wildman–Crippen MR) is 71.6 cm³/mol. The van der Waals surface area contributed by atoms with Gasteiger partial charge in [-0.15, -0.1) is 0 Å². The van der Waals surface area contributed by atoms with Gasteiger partial charge >= 0.3 is 0 Å². The molecule has 5 N–H and O–H groups in total. The molecule has 116 valence electrons. The zero-order valence-electron chi connectivity index (χ0n) is 11.8. The Morgan fingerprint density at radius 2 is 1.37 bits per heavy atom. The van der Waals surface area contributed by atoms with E-state index < -0.39 is 31.0 Å². The van der Waals surface area contributed by atoms with Gasteiger partial charge in [0.15, 0.2) is 6.29 Å². The lowest BCUT2D eigenvalue weighted by Crippen LogP contribution is -2.46. The van der Waals surface area contributed by atoms with Gasteiger partial charge in [-0.1, -0.05) is 46.0 Å². The summed E-state index contributed by atoms with van der Waals surface area (Å²) in [6.07, 6.45) is 0.169. The number of unbranched alkanes of at least 4 members (excludes halogenated alkanes) is 4. The van der Waals surface area contributed by atoms with Crippen LogP contribution in [0.2, 0.25) is 0 Å². The van der Waals surface area contributed by atoms with Crippen LogP contribution in [-0.2, 0) is 4.79 Å². The monoisotopic (exact) mass is 280 g/mol. The normalized spacial score (nSPS) is 16.8. The summed E-state index contributed by atoms with van der Waals surface area (Å²) in [7, 11) is 0. The summed E-state index contributed by atoms with van der Waals surface area (Å²) >= 11 is 0. The second-order valence-corrected chi connectivity index (χ2v) is 4.42. The number of aliphatic hydroxyl groups is 5. The van der Waals surface area contributed by atoms with Gasteiger partial charge in [-0.05, 0) is 0 Å². The van der Waals surface area contributed by atoms with Gasteiger partial charge in [0, 0.05) is 0 Å². The Bertz CT molecular complexity index is 196. The molecular formula is C13H28O6. The van der Waals surface area contributed by atoms with Crippen molar-refractivity contribution in [3.8, 4) is 0 Å². The van der Waals surface area contributed by atoms with E-state index in [1.54, 1.807) is 0 Å². The van der Waals surface area contributed by atoms with E-state index in [0.717, 1.165) is 0 Å². The van der Waals surface area contributed by atoms with Gasteiger partial charge in [0.05, 0.1) is 6.61 Å². The Labute approximate surface area is 114 Å². The minimum absolute atomic E-state index is 0.0258. The van der Waals surface area contributed by atoms with Gasteiger partial charge in [0.1, 0.15) is 24.4 Å². The van der Waals surface area contributed by atoms with Crippen LogP contribution in [0.5, 0.6) is 0 Å². The standard InChI is InChI=1S/C7H16.C6H12O6/c1-3-5-7-6-4-2;7-1-3(9)5(11)6(12)4(10)2-8/h3-7H2,1-2H3;1,3-6,8-12H,2H2/t;3-,4+,5+,6+/m.0/s1. The summed E-state index contributed by atoms with van der Waals surface area (Å²) < 4.78 is 0. The minimum atomic E-state index is -1.79. The molecule has 0 bridgehead atoms. The highest BCUT2D eigenvalue weighted by atomic mass is 16.4. The van der Waals surface area contributed by atoms with E-state index in [4.69, 9.17) is 25.5 Å². The smallest absolute Gasteiger partial charge is 0.151 e. The lowest BCUT2D eigenvalue weighted by atomic mass is 10.0. The second-order valence-electron chi connectivity index (χ2n) is 4.42. The molecule has 0 aromatic heterocycles. The molecule has 0 spiro atoms. The highest BCUT2D eigenvalue weighted by molar-refractivity contribution is 5.56. The molecule has 0 rings (SSSR count). The van der Waals surface area contributed by atoms with Crippen molar-refractivity contribution in [3.05, 3.63) is 0 Å². The summed E-state index contributed by atoms with van der Waals surface area (Å²) in [6.45, 7) is 3.73. The number of aliphatic hydroxyl groups excluding tert-OH is 5. The van der Waals surface area contributed by atoms with Crippen LogP contribution >= 0.6 is 0 Å². The lowest BCUT2D eigenvalue weighted by molar-refractivity contribution is -0.136. The summed E-state index contributed by atoms with van der Waals surface area (Å²) in [6, 6.07) is 0. The summed E-state index contributed by atoms with van der Waals surface area (Å²) in [5, 5.41) is 43.5. The maximum atomic E-state index is 9.90. The van der Waals surface area contributed by atoms with Crippen molar-refractivity contribution in [2.45, 2.75) is 70.4 Å². The number of rotatable bonds is 9.